The van der Waals surface area contributed by atoms with Crippen LogP contribution in [0.1, 0.15) is 19.8 Å². The van der Waals surface area contributed by atoms with E-state index in [0.29, 0.717) is 23.5 Å². The maximum atomic E-state index is 12.2. The van der Waals surface area contributed by atoms with Gasteiger partial charge >= 0.3 is 6.36 Å². The quantitative estimate of drug-likeness (QED) is 0.382. The fourth-order valence-corrected chi connectivity index (χ4v) is 2.15. The van der Waals surface area contributed by atoms with Crippen LogP contribution < -0.4 is 9.47 Å². The van der Waals surface area contributed by atoms with Crippen molar-refractivity contribution in [2.45, 2.75) is 26.1 Å². The molecule has 0 aromatic heterocycles. The molecule has 0 N–H and O–H groups in total. The molecule has 0 atom stereocenters. The number of halogens is 3. The fourth-order valence-electron chi connectivity index (χ4n) is 2.15. The van der Waals surface area contributed by atoms with Crippen LogP contribution >= 0.6 is 0 Å². The van der Waals surface area contributed by atoms with Crippen molar-refractivity contribution < 1.29 is 27.6 Å². The molecule has 0 saturated carbocycles. The van der Waals surface area contributed by atoms with Gasteiger partial charge in [0.25, 0.3) is 5.69 Å². The molecule has 0 fully saturated rings. The van der Waals surface area contributed by atoms with Crippen LogP contribution in [0.15, 0.2) is 42.5 Å². The van der Waals surface area contributed by atoms with Crippen LogP contribution in [0.5, 0.6) is 11.5 Å². The number of nitrogens with zero attached hydrogens (tertiary/aromatic N) is 1. The zero-order chi connectivity index (χ0) is 18.4. The molecule has 0 bridgehead atoms. The molecule has 0 aliphatic carbocycles. The van der Waals surface area contributed by atoms with Gasteiger partial charge in [-0.15, -0.1) is 13.2 Å². The molecule has 25 heavy (non-hydrogen) atoms. The number of hydrogen-bond donors (Lipinski definition) is 0. The Kier molecular flexibility index (Phi) is 5.84. The maximum absolute atomic E-state index is 12.2. The summed E-state index contributed by atoms with van der Waals surface area (Å²) >= 11 is 0. The highest BCUT2D eigenvalue weighted by atomic mass is 19.4. The van der Waals surface area contributed by atoms with Crippen LogP contribution in [0, 0.1) is 10.1 Å². The van der Waals surface area contributed by atoms with E-state index in [-0.39, 0.29) is 11.4 Å². The monoisotopic (exact) mass is 355 g/mol. The average molecular weight is 355 g/mol. The Bertz CT molecular complexity index is 730. The van der Waals surface area contributed by atoms with Gasteiger partial charge in [0.05, 0.1) is 11.5 Å². The van der Waals surface area contributed by atoms with Crippen LogP contribution in [-0.4, -0.2) is 17.9 Å². The van der Waals surface area contributed by atoms with Gasteiger partial charge in [-0.25, -0.2) is 0 Å². The third-order valence-electron chi connectivity index (χ3n) is 3.33. The number of nitro benzene ring substituents is 1. The van der Waals surface area contributed by atoms with E-state index in [0.717, 1.165) is 25.0 Å². The maximum Gasteiger partial charge on any atom is 0.573 e. The van der Waals surface area contributed by atoms with Crippen molar-refractivity contribution in [2.24, 2.45) is 0 Å². The molecule has 8 heteroatoms. The van der Waals surface area contributed by atoms with Gasteiger partial charge in [0, 0.05) is 17.7 Å². The van der Waals surface area contributed by atoms with Crippen LogP contribution in [-0.2, 0) is 0 Å². The summed E-state index contributed by atoms with van der Waals surface area (Å²) in [5.74, 6) is 0.0682. The molecule has 0 heterocycles. The van der Waals surface area contributed by atoms with Crippen LogP contribution in [0.3, 0.4) is 0 Å². The lowest BCUT2D eigenvalue weighted by Crippen LogP contribution is -2.16. The molecule has 0 aliphatic rings. The Morgan fingerprint density at radius 2 is 1.80 bits per heavy atom. The van der Waals surface area contributed by atoms with E-state index < -0.39 is 11.3 Å². The smallest absolute Gasteiger partial charge is 0.493 e. The fraction of sp³-hybridized carbons (Fsp3) is 0.294. The third kappa shape index (κ3) is 5.37. The molecule has 0 aliphatic heterocycles. The van der Waals surface area contributed by atoms with Crippen molar-refractivity contribution in [3.63, 3.8) is 0 Å². The van der Waals surface area contributed by atoms with E-state index >= 15 is 0 Å². The molecule has 0 unspecified atom stereocenters. The lowest BCUT2D eigenvalue weighted by Gasteiger charge is -2.13. The Morgan fingerprint density at radius 3 is 2.36 bits per heavy atom. The van der Waals surface area contributed by atoms with Gasteiger partial charge in [-0.3, -0.25) is 10.1 Å². The third-order valence-corrected chi connectivity index (χ3v) is 3.33. The van der Waals surface area contributed by atoms with Crippen LogP contribution in [0.2, 0.25) is 0 Å². The van der Waals surface area contributed by atoms with Crippen molar-refractivity contribution in [3.8, 4) is 22.6 Å². The summed E-state index contributed by atoms with van der Waals surface area (Å²) in [4.78, 5) is 10.4. The first-order valence-corrected chi connectivity index (χ1v) is 7.57. The minimum atomic E-state index is -4.78. The van der Waals surface area contributed by atoms with Crippen LogP contribution in [0.4, 0.5) is 18.9 Å². The normalized spacial score (nSPS) is 11.2. The van der Waals surface area contributed by atoms with E-state index in [1.165, 1.54) is 30.3 Å². The number of non-ortho nitro benzene ring substituents is 1. The lowest BCUT2D eigenvalue weighted by molar-refractivity contribution is -0.384. The van der Waals surface area contributed by atoms with E-state index in [4.69, 9.17) is 4.74 Å². The number of ether oxygens (including phenoxy) is 2. The molecule has 2 aromatic rings. The van der Waals surface area contributed by atoms with E-state index in [9.17, 15) is 23.3 Å². The van der Waals surface area contributed by atoms with Crippen molar-refractivity contribution >= 4 is 5.69 Å². The van der Waals surface area contributed by atoms with Gasteiger partial charge in [0.2, 0.25) is 0 Å². The van der Waals surface area contributed by atoms with Gasteiger partial charge in [0.15, 0.2) is 0 Å². The minimum absolute atomic E-state index is 0.131. The Balaban J connectivity index is 2.34. The molecule has 0 radical (unpaired) electrons. The SMILES string of the molecule is CCCCOc1ccc([N+](=O)[O-])cc1-c1ccc(OC(F)(F)F)cc1. The van der Waals surface area contributed by atoms with Gasteiger partial charge in [-0.2, -0.15) is 0 Å². The van der Waals surface area contributed by atoms with Gasteiger partial charge in [-0.05, 0) is 30.2 Å². The van der Waals surface area contributed by atoms with Crippen molar-refractivity contribution in [1.82, 2.24) is 0 Å². The molecular formula is C17H16F3NO4. The summed E-state index contributed by atoms with van der Waals surface area (Å²) in [6.07, 6.45) is -3.04. The van der Waals surface area contributed by atoms with Crippen LogP contribution in [0.25, 0.3) is 11.1 Å². The molecule has 0 saturated heterocycles. The van der Waals surface area contributed by atoms with Gasteiger partial charge < -0.3 is 9.47 Å². The largest absolute Gasteiger partial charge is 0.573 e. The topological polar surface area (TPSA) is 61.6 Å². The molecule has 0 spiro atoms. The van der Waals surface area contributed by atoms with E-state index in [1.54, 1.807) is 0 Å². The average Bonchev–Trinajstić information content (AvgIpc) is 2.54. The number of rotatable bonds is 7. The standard InChI is InChI=1S/C17H16F3NO4/c1-2-3-10-24-16-9-6-13(21(22)23)11-15(16)12-4-7-14(8-5-12)25-17(18,19)20/h4-9,11H,2-3,10H2,1H3. The first kappa shape index (κ1) is 18.6. The molecular weight excluding hydrogens is 339 g/mol. The Labute approximate surface area is 142 Å². The molecule has 2 rings (SSSR count). The lowest BCUT2D eigenvalue weighted by atomic mass is 10.0. The second kappa shape index (κ2) is 7.87. The highest BCUT2D eigenvalue weighted by Gasteiger charge is 2.31. The second-order valence-electron chi connectivity index (χ2n) is 5.21. The summed E-state index contributed by atoms with van der Waals surface area (Å²) in [5, 5.41) is 11.0. The second-order valence-corrected chi connectivity index (χ2v) is 5.21. The molecule has 5 nitrogen and oxygen atoms in total. The molecule has 134 valence electrons. The number of nitro groups is 1. The molecule has 0 amide bonds. The summed E-state index contributed by atoms with van der Waals surface area (Å²) in [5.41, 5.74) is 0.794. The highest BCUT2D eigenvalue weighted by molar-refractivity contribution is 5.73. The number of alkyl halides is 3. The van der Waals surface area contributed by atoms with Crippen molar-refractivity contribution in [2.75, 3.05) is 6.61 Å². The minimum Gasteiger partial charge on any atom is -0.493 e. The van der Waals surface area contributed by atoms with Crippen molar-refractivity contribution in [3.05, 3.63) is 52.6 Å². The number of hydrogen-bond acceptors (Lipinski definition) is 4. The van der Waals surface area contributed by atoms with E-state index in [2.05, 4.69) is 4.74 Å². The summed E-state index contributed by atoms with van der Waals surface area (Å²) in [7, 11) is 0. The van der Waals surface area contributed by atoms with E-state index in [1.807, 2.05) is 6.92 Å². The first-order valence-electron chi connectivity index (χ1n) is 7.57. The zero-order valence-corrected chi connectivity index (χ0v) is 13.4. The molecule has 2 aromatic carbocycles. The predicted molar refractivity (Wildman–Crippen MR) is 85.6 cm³/mol. The van der Waals surface area contributed by atoms with Gasteiger partial charge in [0.1, 0.15) is 11.5 Å². The first-order chi connectivity index (χ1) is 11.8. The Morgan fingerprint density at radius 1 is 1.12 bits per heavy atom. The highest BCUT2D eigenvalue weighted by Crippen LogP contribution is 2.35. The number of unbranched alkanes of at least 4 members (excludes halogenated alkanes) is 1. The predicted octanol–water partition coefficient (Wildman–Crippen LogP) is 5.34. The zero-order valence-electron chi connectivity index (χ0n) is 13.4. The Hall–Kier alpha value is -2.77. The summed E-state index contributed by atoms with van der Waals surface area (Å²) in [6.45, 7) is 2.44. The number of benzene rings is 2. The summed E-state index contributed by atoms with van der Waals surface area (Å²) in [6, 6.07) is 9.24. The van der Waals surface area contributed by atoms with Crippen molar-refractivity contribution in [1.29, 1.82) is 0 Å². The van der Waals surface area contributed by atoms with Gasteiger partial charge in [-0.1, -0.05) is 25.5 Å². The summed E-state index contributed by atoms with van der Waals surface area (Å²) < 4.78 is 46.1.